The van der Waals surface area contributed by atoms with Gasteiger partial charge in [0.2, 0.25) is 0 Å². The van der Waals surface area contributed by atoms with Gasteiger partial charge in [0, 0.05) is 5.39 Å². The van der Waals surface area contributed by atoms with Crippen LogP contribution in [0, 0.1) is 0 Å². The number of hydroxylamine groups is 2. The summed E-state index contributed by atoms with van der Waals surface area (Å²) in [5.74, 6) is 0.187. The lowest BCUT2D eigenvalue weighted by Crippen LogP contribution is -2.40. The van der Waals surface area contributed by atoms with Crippen molar-refractivity contribution < 1.29 is 23.9 Å². The summed E-state index contributed by atoms with van der Waals surface area (Å²) in [6.07, 6.45) is 4.03. The Kier molecular flexibility index (Phi) is 5.42. The minimum absolute atomic E-state index is 0.336. The molecule has 2 aromatic rings. The van der Waals surface area contributed by atoms with Crippen LogP contribution in [0.15, 0.2) is 24.3 Å². The predicted octanol–water partition coefficient (Wildman–Crippen LogP) is 3.96. The molecule has 2 amide bonds. The van der Waals surface area contributed by atoms with Crippen molar-refractivity contribution in [1.29, 1.82) is 0 Å². The molecule has 0 aliphatic carbocycles. The van der Waals surface area contributed by atoms with Crippen LogP contribution in [0.5, 0.6) is 11.5 Å². The van der Waals surface area contributed by atoms with E-state index in [1.54, 1.807) is 38.5 Å². The van der Waals surface area contributed by atoms with Crippen molar-refractivity contribution in [1.82, 2.24) is 5.06 Å². The largest absolute Gasteiger partial charge is 0.496 e. The Hall–Kier alpha value is -2.60. The molecular formula is C20H23NO5. The van der Waals surface area contributed by atoms with E-state index in [0.717, 1.165) is 30.7 Å². The second kappa shape index (κ2) is 7.74. The summed E-state index contributed by atoms with van der Waals surface area (Å²) in [5.41, 5.74) is 0.811. The number of carbonyl (C=O) groups excluding carboxylic acids is 2. The first kappa shape index (κ1) is 18.2. The lowest BCUT2D eigenvalue weighted by molar-refractivity contribution is -0.0961. The zero-order chi connectivity index (χ0) is 18.7. The molecule has 0 N–H and O–H groups in total. The minimum Gasteiger partial charge on any atom is -0.496 e. The summed E-state index contributed by atoms with van der Waals surface area (Å²) < 4.78 is 10.8. The van der Waals surface area contributed by atoms with Crippen molar-refractivity contribution in [3.05, 3.63) is 35.4 Å². The molecule has 1 aliphatic heterocycles. The van der Waals surface area contributed by atoms with Crippen molar-refractivity contribution in [2.24, 2.45) is 0 Å². The fourth-order valence-corrected chi connectivity index (χ4v) is 3.24. The summed E-state index contributed by atoms with van der Waals surface area (Å²) in [6.45, 7) is 2.46. The number of nitrogens with zero attached hydrogens (tertiary/aromatic N) is 1. The Morgan fingerprint density at radius 2 is 1.38 bits per heavy atom. The number of imide groups is 1. The third-order valence-electron chi connectivity index (χ3n) is 4.57. The molecule has 6 heteroatoms. The van der Waals surface area contributed by atoms with Crippen LogP contribution in [0.25, 0.3) is 10.8 Å². The second-order valence-electron chi connectivity index (χ2n) is 6.18. The van der Waals surface area contributed by atoms with Gasteiger partial charge in [0.1, 0.15) is 11.5 Å². The highest BCUT2D eigenvalue weighted by molar-refractivity contribution is 6.26. The molecule has 1 heterocycles. The number of hydrogen-bond donors (Lipinski definition) is 0. The van der Waals surface area contributed by atoms with Crippen LogP contribution in [-0.4, -0.2) is 37.7 Å². The Morgan fingerprint density at radius 3 is 1.88 bits per heavy atom. The first-order valence-corrected chi connectivity index (χ1v) is 8.83. The van der Waals surface area contributed by atoms with E-state index in [1.165, 1.54) is 0 Å². The molecule has 138 valence electrons. The molecule has 3 rings (SSSR count). The molecule has 0 spiro atoms. The number of amides is 2. The van der Waals surface area contributed by atoms with E-state index in [2.05, 4.69) is 6.92 Å². The first-order valence-electron chi connectivity index (χ1n) is 8.83. The second-order valence-corrected chi connectivity index (χ2v) is 6.18. The van der Waals surface area contributed by atoms with Crippen LogP contribution in [0.4, 0.5) is 0 Å². The van der Waals surface area contributed by atoms with Crippen LogP contribution >= 0.6 is 0 Å². The topological polar surface area (TPSA) is 65.1 Å². The number of carbonyl (C=O) groups is 2. The molecular weight excluding hydrogens is 334 g/mol. The number of unbranched alkanes of at least 4 members (excludes halogenated alkanes) is 3. The normalized spacial score (nSPS) is 13.4. The van der Waals surface area contributed by atoms with Crippen molar-refractivity contribution >= 4 is 22.6 Å². The van der Waals surface area contributed by atoms with Crippen molar-refractivity contribution in [2.45, 2.75) is 32.6 Å². The monoisotopic (exact) mass is 357 g/mol. The first-order chi connectivity index (χ1) is 12.6. The fourth-order valence-electron chi connectivity index (χ4n) is 3.24. The fraction of sp³-hybridized carbons (Fsp3) is 0.400. The molecule has 26 heavy (non-hydrogen) atoms. The van der Waals surface area contributed by atoms with Crippen LogP contribution in [0.3, 0.4) is 0 Å². The summed E-state index contributed by atoms with van der Waals surface area (Å²) >= 11 is 0. The molecule has 0 aromatic heterocycles. The minimum atomic E-state index is -0.459. The zero-order valence-corrected chi connectivity index (χ0v) is 15.3. The van der Waals surface area contributed by atoms with Crippen LogP contribution in [-0.2, 0) is 4.84 Å². The standard InChI is InChI=1S/C20H23NO5/c1-4-5-6-7-12-26-21-19(22)13-8-10-15(24-2)18-16(25-3)11-9-14(17(13)18)20(21)23/h8-11H,4-7,12H2,1-3H3. The maximum Gasteiger partial charge on any atom is 0.285 e. The number of rotatable bonds is 8. The predicted molar refractivity (Wildman–Crippen MR) is 97.6 cm³/mol. The van der Waals surface area contributed by atoms with Gasteiger partial charge in [0.15, 0.2) is 0 Å². The molecule has 0 fully saturated rings. The number of benzene rings is 2. The third kappa shape index (κ3) is 3.01. The van der Waals surface area contributed by atoms with Crippen LogP contribution in [0.2, 0.25) is 0 Å². The van der Waals surface area contributed by atoms with Gasteiger partial charge < -0.3 is 9.47 Å². The summed E-state index contributed by atoms with van der Waals surface area (Å²) in [5, 5.41) is 2.04. The quantitative estimate of drug-likeness (QED) is 0.528. The van der Waals surface area contributed by atoms with E-state index < -0.39 is 11.8 Å². The zero-order valence-electron chi connectivity index (χ0n) is 15.3. The summed E-state index contributed by atoms with van der Waals surface area (Å²) in [4.78, 5) is 31.2. The van der Waals surface area contributed by atoms with Crippen LogP contribution < -0.4 is 9.47 Å². The molecule has 0 unspecified atom stereocenters. The van der Waals surface area contributed by atoms with Gasteiger partial charge in [0.25, 0.3) is 11.8 Å². The highest BCUT2D eigenvalue weighted by Gasteiger charge is 2.35. The maximum atomic E-state index is 12.8. The molecule has 0 saturated carbocycles. The van der Waals surface area contributed by atoms with Crippen molar-refractivity contribution in [3.63, 3.8) is 0 Å². The van der Waals surface area contributed by atoms with E-state index in [0.29, 0.717) is 40.0 Å². The molecule has 1 aliphatic rings. The average Bonchev–Trinajstić information content (AvgIpc) is 2.67. The van der Waals surface area contributed by atoms with E-state index in [1.807, 2.05) is 0 Å². The lowest BCUT2D eigenvalue weighted by atomic mass is 9.93. The van der Waals surface area contributed by atoms with Crippen LogP contribution in [0.1, 0.15) is 53.3 Å². The van der Waals surface area contributed by atoms with Crippen molar-refractivity contribution in [2.75, 3.05) is 20.8 Å². The molecule has 6 nitrogen and oxygen atoms in total. The summed E-state index contributed by atoms with van der Waals surface area (Å²) in [6, 6.07) is 6.73. The van der Waals surface area contributed by atoms with Gasteiger partial charge in [-0.1, -0.05) is 26.2 Å². The van der Waals surface area contributed by atoms with Gasteiger partial charge in [-0.3, -0.25) is 14.4 Å². The molecule has 0 radical (unpaired) electrons. The highest BCUT2D eigenvalue weighted by Crippen LogP contribution is 2.40. The summed E-state index contributed by atoms with van der Waals surface area (Å²) in [7, 11) is 3.09. The van der Waals surface area contributed by atoms with Crippen molar-refractivity contribution in [3.8, 4) is 11.5 Å². The molecule has 0 atom stereocenters. The number of methoxy groups -OCH3 is 2. The Morgan fingerprint density at radius 1 is 0.808 bits per heavy atom. The Balaban J connectivity index is 1.99. The van der Waals surface area contributed by atoms with Gasteiger partial charge in [0.05, 0.1) is 37.3 Å². The lowest BCUT2D eigenvalue weighted by Gasteiger charge is -2.27. The SMILES string of the molecule is CCCCCCON1C(=O)c2ccc(OC)c3c(OC)ccc(c23)C1=O. The van der Waals surface area contributed by atoms with E-state index in [-0.39, 0.29) is 0 Å². The smallest absolute Gasteiger partial charge is 0.285 e. The number of ether oxygens (including phenoxy) is 2. The number of hydrogen-bond acceptors (Lipinski definition) is 5. The maximum absolute atomic E-state index is 12.8. The van der Waals surface area contributed by atoms with Gasteiger partial charge in [-0.15, -0.1) is 5.06 Å². The average molecular weight is 357 g/mol. The highest BCUT2D eigenvalue weighted by atomic mass is 16.7. The van der Waals surface area contributed by atoms with E-state index >= 15 is 0 Å². The molecule has 2 aromatic carbocycles. The van der Waals surface area contributed by atoms with Gasteiger partial charge in [-0.05, 0) is 30.7 Å². The Bertz CT molecular complexity index is 787. The van der Waals surface area contributed by atoms with Gasteiger partial charge >= 0.3 is 0 Å². The van der Waals surface area contributed by atoms with Gasteiger partial charge in [-0.2, -0.15) is 0 Å². The Labute approximate surface area is 152 Å². The van der Waals surface area contributed by atoms with E-state index in [4.69, 9.17) is 14.3 Å². The third-order valence-corrected chi connectivity index (χ3v) is 4.57. The molecule has 0 saturated heterocycles. The van der Waals surface area contributed by atoms with E-state index in [9.17, 15) is 9.59 Å². The molecule has 0 bridgehead atoms. The van der Waals surface area contributed by atoms with Gasteiger partial charge in [-0.25, -0.2) is 0 Å².